The molecule has 1 fully saturated rings. The van der Waals surface area contributed by atoms with E-state index in [1.807, 2.05) is 56.4 Å². The van der Waals surface area contributed by atoms with Crippen molar-refractivity contribution in [1.82, 2.24) is 9.80 Å². The van der Waals surface area contributed by atoms with Crippen molar-refractivity contribution in [2.75, 3.05) is 45.3 Å². The minimum Gasteiger partial charge on any atom is -0.486 e. The molecule has 9 heteroatoms. The van der Waals surface area contributed by atoms with Crippen LogP contribution < -0.4 is 14.8 Å². The average Bonchev–Trinajstić information content (AvgIpc) is 3.04. The van der Waals surface area contributed by atoms with Crippen LogP contribution in [0.5, 0.6) is 17.2 Å². The summed E-state index contributed by atoms with van der Waals surface area (Å²) >= 11 is 0. The lowest BCUT2D eigenvalue weighted by Gasteiger charge is -2.38. The van der Waals surface area contributed by atoms with Crippen LogP contribution in [-0.4, -0.2) is 78.8 Å². The van der Waals surface area contributed by atoms with Crippen LogP contribution in [0, 0.1) is 11.8 Å². The molecule has 0 spiro atoms. The highest BCUT2D eigenvalue weighted by atomic mass is 16.5. The van der Waals surface area contributed by atoms with Crippen molar-refractivity contribution in [2.24, 2.45) is 11.8 Å². The lowest BCUT2D eigenvalue weighted by atomic mass is 9.98. The van der Waals surface area contributed by atoms with E-state index in [9.17, 15) is 14.7 Å². The molecule has 2 amide bonds. The van der Waals surface area contributed by atoms with Crippen molar-refractivity contribution in [1.29, 1.82) is 0 Å². The van der Waals surface area contributed by atoms with Crippen molar-refractivity contribution in [3.05, 3.63) is 83.9 Å². The zero-order valence-corrected chi connectivity index (χ0v) is 25.8. The summed E-state index contributed by atoms with van der Waals surface area (Å²) in [5, 5.41) is 13.0. The predicted molar refractivity (Wildman–Crippen MR) is 169 cm³/mol. The van der Waals surface area contributed by atoms with E-state index in [4.69, 9.17) is 14.2 Å². The molecule has 5 rings (SSSR count). The maximum absolute atomic E-state index is 13.8. The standard InChI is InChI=1S/C35H43N3O6/c1-24-20-38(25(2)23-39)35(41)30-10-7-11-31(36-34(40)27-16-18-42-19-17-27)33(30)44-32(24)22-37(3)21-26-12-14-29(15-13-26)43-28-8-5-4-6-9-28/h4-15,24-25,27,32,39H,16-23H2,1-3H3,(H,36,40)/t24-,25-,32-/m1/s1. The molecular formula is C35H43N3O6. The van der Waals surface area contributed by atoms with Crippen LogP contribution in [0.1, 0.15) is 42.6 Å². The van der Waals surface area contributed by atoms with Gasteiger partial charge in [-0.3, -0.25) is 14.5 Å². The Labute approximate surface area is 259 Å². The highest BCUT2D eigenvalue weighted by Crippen LogP contribution is 2.35. The number of nitrogens with one attached hydrogen (secondary N) is 1. The third-order valence-electron chi connectivity index (χ3n) is 8.39. The number of aliphatic hydroxyl groups is 1. The highest BCUT2D eigenvalue weighted by Gasteiger charge is 2.35. The first-order valence-electron chi connectivity index (χ1n) is 15.4. The molecule has 1 saturated heterocycles. The number of likely N-dealkylation sites (N-methyl/N-ethyl adjacent to an activating group) is 1. The number of ether oxygens (including phenoxy) is 3. The number of fused-ring (bicyclic) bond motifs is 1. The second-order valence-corrected chi connectivity index (χ2v) is 11.9. The van der Waals surface area contributed by atoms with Gasteiger partial charge in [-0.05, 0) is 68.8 Å². The van der Waals surface area contributed by atoms with Crippen LogP contribution in [0.25, 0.3) is 0 Å². The van der Waals surface area contributed by atoms with Gasteiger partial charge in [0.05, 0.1) is 23.9 Å². The Kier molecular flexibility index (Phi) is 10.5. The molecule has 0 radical (unpaired) electrons. The molecule has 0 unspecified atom stereocenters. The quantitative estimate of drug-likeness (QED) is 0.330. The number of nitrogens with zero attached hydrogens (tertiary/aromatic N) is 2. The van der Waals surface area contributed by atoms with Gasteiger partial charge in [-0.1, -0.05) is 43.3 Å². The van der Waals surface area contributed by atoms with Crippen molar-refractivity contribution in [2.45, 2.75) is 45.4 Å². The SMILES string of the molecule is C[C@@H]1CN([C@H](C)CO)C(=O)c2cccc(NC(=O)C3CCOCC3)c2O[C@@H]1CN(C)Cc1ccc(Oc2ccccc2)cc1. The molecular weight excluding hydrogens is 558 g/mol. The van der Waals surface area contributed by atoms with Gasteiger partial charge in [0.2, 0.25) is 5.91 Å². The van der Waals surface area contributed by atoms with E-state index in [0.29, 0.717) is 62.7 Å². The number of hydrogen-bond donors (Lipinski definition) is 2. The fraction of sp³-hybridized carbons (Fsp3) is 0.429. The molecule has 234 valence electrons. The zero-order chi connectivity index (χ0) is 31.1. The molecule has 2 heterocycles. The van der Waals surface area contributed by atoms with Gasteiger partial charge >= 0.3 is 0 Å². The molecule has 0 bridgehead atoms. The van der Waals surface area contributed by atoms with Crippen LogP contribution >= 0.6 is 0 Å². The van der Waals surface area contributed by atoms with Crippen LogP contribution in [-0.2, 0) is 16.1 Å². The van der Waals surface area contributed by atoms with E-state index in [2.05, 4.69) is 29.3 Å². The van der Waals surface area contributed by atoms with E-state index in [-0.39, 0.29) is 42.4 Å². The van der Waals surface area contributed by atoms with Gasteiger partial charge in [0, 0.05) is 44.7 Å². The lowest BCUT2D eigenvalue weighted by molar-refractivity contribution is -0.122. The minimum atomic E-state index is -0.369. The third kappa shape index (κ3) is 7.77. The second-order valence-electron chi connectivity index (χ2n) is 11.9. The maximum Gasteiger partial charge on any atom is 0.258 e. The Morgan fingerprint density at radius 3 is 2.45 bits per heavy atom. The summed E-state index contributed by atoms with van der Waals surface area (Å²) < 4.78 is 18.1. The van der Waals surface area contributed by atoms with Gasteiger partial charge in [-0.2, -0.15) is 0 Å². The third-order valence-corrected chi connectivity index (χ3v) is 8.39. The van der Waals surface area contributed by atoms with Crippen LogP contribution in [0.2, 0.25) is 0 Å². The molecule has 2 N–H and O–H groups in total. The Morgan fingerprint density at radius 1 is 1.05 bits per heavy atom. The van der Waals surface area contributed by atoms with Crippen LogP contribution in [0.15, 0.2) is 72.8 Å². The number of benzene rings is 3. The summed E-state index contributed by atoms with van der Waals surface area (Å²) in [6, 6.07) is 22.6. The van der Waals surface area contributed by atoms with Gasteiger partial charge < -0.3 is 29.5 Å². The van der Waals surface area contributed by atoms with Gasteiger partial charge in [0.25, 0.3) is 5.91 Å². The largest absolute Gasteiger partial charge is 0.486 e. The molecule has 2 aliphatic rings. The number of carbonyl (C=O) groups excluding carboxylic acids is 2. The minimum absolute atomic E-state index is 0.0514. The first-order valence-corrected chi connectivity index (χ1v) is 15.4. The monoisotopic (exact) mass is 601 g/mol. The van der Waals surface area contributed by atoms with E-state index in [1.165, 1.54) is 0 Å². The normalized spacial score (nSPS) is 19.8. The summed E-state index contributed by atoms with van der Waals surface area (Å²) in [7, 11) is 2.04. The number of aliphatic hydroxyl groups excluding tert-OH is 1. The molecule has 2 aliphatic heterocycles. The Bertz CT molecular complexity index is 1390. The number of carbonyl (C=O) groups is 2. The summed E-state index contributed by atoms with van der Waals surface area (Å²) in [6.45, 7) is 6.57. The average molecular weight is 602 g/mol. The summed E-state index contributed by atoms with van der Waals surface area (Å²) in [4.78, 5) is 30.9. The summed E-state index contributed by atoms with van der Waals surface area (Å²) in [6.07, 6.45) is 1.03. The van der Waals surface area contributed by atoms with Crippen molar-refractivity contribution in [3.63, 3.8) is 0 Å². The van der Waals surface area contributed by atoms with Crippen molar-refractivity contribution < 1.29 is 28.9 Å². The topological polar surface area (TPSA) is 101 Å². The van der Waals surface area contributed by atoms with E-state index in [0.717, 1.165) is 17.1 Å². The Hall–Kier alpha value is -3.92. The summed E-state index contributed by atoms with van der Waals surface area (Å²) in [5.41, 5.74) is 1.99. The number of para-hydroxylation sites is 2. The molecule has 3 aromatic carbocycles. The summed E-state index contributed by atoms with van der Waals surface area (Å²) in [5.74, 6) is 1.42. The Balaban J connectivity index is 1.34. The second kappa shape index (κ2) is 14.7. The fourth-order valence-corrected chi connectivity index (χ4v) is 5.73. The maximum atomic E-state index is 13.8. The fourth-order valence-electron chi connectivity index (χ4n) is 5.73. The van der Waals surface area contributed by atoms with Gasteiger partial charge in [-0.25, -0.2) is 0 Å². The number of anilines is 1. The first-order chi connectivity index (χ1) is 21.3. The van der Waals surface area contributed by atoms with Gasteiger partial charge in [-0.15, -0.1) is 0 Å². The number of amides is 2. The molecule has 0 aromatic heterocycles. The Morgan fingerprint density at radius 2 is 1.75 bits per heavy atom. The molecule has 9 nitrogen and oxygen atoms in total. The van der Waals surface area contributed by atoms with Crippen LogP contribution in [0.3, 0.4) is 0 Å². The molecule has 0 aliphatic carbocycles. The molecule has 0 saturated carbocycles. The van der Waals surface area contributed by atoms with E-state index >= 15 is 0 Å². The smallest absolute Gasteiger partial charge is 0.258 e. The van der Waals surface area contributed by atoms with Gasteiger partial charge in [0.15, 0.2) is 5.75 Å². The zero-order valence-electron chi connectivity index (χ0n) is 25.8. The molecule has 3 aromatic rings. The predicted octanol–water partition coefficient (Wildman–Crippen LogP) is 5.20. The number of hydrogen-bond acceptors (Lipinski definition) is 7. The highest BCUT2D eigenvalue weighted by molar-refractivity contribution is 6.02. The van der Waals surface area contributed by atoms with E-state index < -0.39 is 0 Å². The van der Waals surface area contributed by atoms with Gasteiger partial charge in [0.1, 0.15) is 17.6 Å². The van der Waals surface area contributed by atoms with E-state index in [1.54, 1.807) is 23.1 Å². The van der Waals surface area contributed by atoms with Crippen LogP contribution in [0.4, 0.5) is 5.69 Å². The van der Waals surface area contributed by atoms with Crippen molar-refractivity contribution >= 4 is 17.5 Å². The first kappa shape index (κ1) is 31.5. The lowest BCUT2D eigenvalue weighted by Crippen LogP contribution is -2.49. The van der Waals surface area contributed by atoms with Crippen molar-refractivity contribution in [3.8, 4) is 17.2 Å². The molecule has 44 heavy (non-hydrogen) atoms. The molecule has 3 atom stereocenters. The number of rotatable bonds is 10.